The lowest BCUT2D eigenvalue weighted by Gasteiger charge is -2.04. The van der Waals surface area contributed by atoms with E-state index >= 15 is 0 Å². The molecule has 2 aromatic heterocycles. The number of hydrogen-bond acceptors (Lipinski definition) is 3. The summed E-state index contributed by atoms with van der Waals surface area (Å²) in [4.78, 5) is 4.29. The fraction of sp³-hybridized carbons (Fsp3) is 0.273. The maximum Gasteiger partial charge on any atom is 0.125 e. The van der Waals surface area contributed by atoms with Crippen LogP contribution in [-0.4, -0.2) is 21.3 Å². The number of rotatable bonds is 4. The molecule has 0 unspecified atom stereocenters. The first kappa shape index (κ1) is 11.0. The SMILES string of the molecule is CCNc1ccc(Cn2cc(Cl)cn2)cn1. The number of aromatic nitrogens is 3. The van der Waals surface area contributed by atoms with Crippen LogP contribution in [0.15, 0.2) is 30.7 Å². The molecule has 0 spiro atoms. The number of anilines is 1. The highest BCUT2D eigenvalue weighted by Gasteiger charge is 1.98. The maximum atomic E-state index is 5.78. The van der Waals surface area contributed by atoms with Crippen LogP contribution in [-0.2, 0) is 6.54 Å². The molecule has 2 heterocycles. The van der Waals surface area contributed by atoms with Gasteiger partial charge in [-0.1, -0.05) is 17.7 Å². The van der Waals surface area contributed by atoms with E-state index in [9.17, 15) is 0 Å². The molecular formula is C11H13ClN4. The predicted octanol–water partition coefficient (Wildman–Crippen LogP) is 2.41. The Morgan fingerprint density at radius 1 is 1.38 bits per heavy atom. The third-order valence-electron chi connectivity index (χ3n) is 2.13. The first-order valence-electron chi connectivity index (χ1n) is 5.14. The molecule has 5 heteroatoms. The zero-order valence-corrected chi connectivity index (χ0v) is 9.78. The van der Waals surface area contributed by atoms with E-state index in [-0.39, 0.29) is 0 Å². The van der Waals surface area contributed by atoms with Crippen molar-refractivity contribution < 1.29 is 0 Å². The monoisotopic (exact) mass is 236 g/mol. The molecule has 0 aliphatic heterocycles. The normalized spacial score (nSPS) is 10.4. The summed E-state index contributed by atoms with van der Waals surface area (Å²) in [6.07, 6.45) is 5.26. The Labute approximate surface area is 99.3 Å². The van der Waals surface area contributed by atoms with E-state index in [1.54, 1.807) is 17.1 Å². The minimum absolute atomic E-state index is 0.650. The zero-order chi connectivity index (χ0) is 11.4. The molecule has 0 aromatic carbocycles. The summed E-state index contributed by atoms with van der Waals surface area (Å²) >= 11 is 5.78. The third kappa shape index (κ3) is 2.73. The molecule has 4 nitrogen and oxygen atoms in total. The third-order valence-corrected chi connectivity index (χ3v) is 2.32. The van der Waals surface area contributed by atoms with Crippen molar-refractivity contribution in [2.45, 2.75) is 13.5 Å². The van der Waals surface area contributed by atoms with E-state index in [1.165, 1.54) is 0 Å². The van der Waals surface area contributed by atoms with Gasteiger partial charge in [-0.15, -0.1) is 0 Å². The lowest BCUT2D eigenvalue weighted by atomic mass is 10.3. The molecular weight excluding hydrogens is 224 g/mol. The van der Waals surface area contributed by atoms with Gasteiger partial charge in [-0.25, -0.2) is 4.98 Å². The van der Waals surface area contributed by atoms with Crippen LogP contribution in [0, 0.1) is 0 Å². The molecule has 2 rings (SSSR count). The molecule has 0 amide bonds. The lowest BCUT2D eigenvalue weighted by molar-refractivity contribution is 0.685. The van der Waals surface area contributed by atoms with Gasteiger partial charge in [-0.05, 0) is 18.6 Å². The number of nitrogens with zero attached hydrogens (tertiary/aromatic N) is 3. The van der Waals surface area contributed by atoms with Crippen LogP contribution in [0.4, 0.5) is 5.82 Å². The Morgan fingerprint density at radius 3 is 2.81 bits per heavy atom. The van der Waals surface area contributed by atoms with Crippen molar-refractivity contribution in [2.24, 2.45) is 0 Å². The quantitative estimate of drug-likeness (QED) is 0.887. The molecule has 1 N–H and O–H groups in total. The minimum Gasteiger partial charge on any atom is -0.370 e. The van der Waals surface area contributed by atoms with Gasteiger partial charge in [0.05, 0.1) is 17.8 Å². The highest BCUT2D eigenvalue weighted by Crippen LogP contribution is 2.09. The van der Waals surface area contributed by atoms with Gasteiger partial charge in [-0.2, -0.15) is 5.10 Å². The Hall–Kier alpha value is -1.55. The lowest BCUT2D eigenvalue weighted by Crippen LogP contribution is -2.02. The topological polar surface area (TPSA) is 42.7 Å². The summed E-state index contributed by atoms with van der Waals surface area (Å²) in [5.41, 5.74) is 1.10. The maximum absolute atomic E-state index is 5.78. The molecule has 0 saturated heterocycles. The van der Waals surface area contributed by atoms with Crippen LogP contribution in [0.25, 0.3) is 0 Å². The average Bonchev–Trinajstić information content (AvgIpc) is 2.67. The molecule has 0 fully saturated rings. The summed E-state index contributed by atoms with van der Waals surface area (Å²) in [6, 6.07) is 3.99. The van der Waals surface area contributed by atoms with Gasteiger partial charge in [-0.3, -0.25) is 4.68 Å². The molecule has 84 valence electrons. The van der Waals surface area contributed by atoms with Crippen molar-refractivity contribution in [3.63, 3.8) is 0 Å². The van der Waals surface area contributed by atoms with Gasteiger partial charge in [0.1, 0.15) is 5.82 Å². The van der Waals surface area contributed by atoms with Crippen molar-refractivity contribution in [2.75, 3.05) is 11.9 Å². The Morgan fingerprint density at radius 2 is 2.25 bits per heavy atom. The second-order valence-electron chi connectivity index (χ2n) is 3.44. The van der Waals surface area contributed by atoms with Gasteiger partial charge < -0.3 is 5.32 Å². The molecule has 16 heavy (non-hydrogen) atoms. The average molecular weight is 237 g/mol. The zero-order valence-electron chi connectivity index (χ0n) is 9.02. The van der Waals surface area contributed by atoms with E-state index in [0.717, 1.165) is 17.9 Å². The van der Waals surface area contributed by atoms with Crippen molar-refractivity contribution in [3.8, 4) is 0 Å². The molecule has 0 aliphatic rings. The standard InChI is InChI=1S/C11H13ClN4/c1-2-13-11-4-3-9(5-14-11)7-16-8-10(12)6-15-16/h3-6,8H,2,7H2,1H3,(H,13,14). The highest BCUT2D eigenvalue weighted by atomic mass is 35.5. The van der Waals surface area contributed by atoms with Crippen LogP contribution in [0.1, 0.15) is 12.5 Å². The minimum atomic E-state index is 0.650. The van der Waals surface area contributed by atoms with Crippen molar-refractivity contribution in [1.29, 1.82) is 0 Å². The van der Waals surface area contributed by atoms with Crippen molar-refractivity contribution in [1.82, 2.24) is 14.8 Å². The summed E-state index contributed by atoms with van der Waals surface area (Å²) in [6.45, 7) is 3.61. The van der Waals surface area contributed by atoms with Gasteiger partial charge in [0.2, 0.25) is 0 Å². The highest BCUT2D eigenvalue weighted by molar-refractivity contribution is 6.30. The number of hydrogen-bond donors (Lipinski definition) is 1. The molecule has 0 aliphatic carbocycles. The van der Waals surface area contributed by atoms with Crippen molar-refractivity contribution >= 4 is 17.4 Å². The summed E-state index contributed by atoms with van der Waals surface area (Å²) < 4.78 is 1.78. The smallest absolute Gasteiger partial charge is 0.125 e. The molecule has 0 bridgehead atoms. The van der Waals surface area contributed by atoms with E-state index in [0.29, 0.717) is 11.6 Å². The number of halogens is 1. The fourth-order valence-electron chi connectivity index (χ4n) is 1.42. The van der Waals surface area contributed by atoms with Gasteiger partial charge in [0, 0.05) is 18.9 Å². The van der Waals surface area contributed by atoms with Gasteiger partial charge in [0.15, 0.2) is 0 Å². The summed E-state index contributed by atoms with van der Waals surface area (Å²) in [5, 5.41) is 7.91. The Bertz CT molecular complexity index is 449. The summed E-state index contributed by atoms with van der Waals surface area (Å²) in [7, 11) is 0. The van der Waals surface area contributed by atoms with E-state index in [2.05, 4.69) is 15.4 Å². The van der Waals surface area contributed by atoms with Gasteiger partial charge in [0.25, 0.3) is 0 Å². The number of pyridine rings is 1. The van der Waals surface area contributed by atoms with Crippen LogP contribution in [0.2, 0.25) is 5.02 Å². The summed E-state index contributed by atoms with van der Waals surface area (Å²) in [5.74, 6) is 0.893. The van der Waals surface area contributed by atoms with Crippen LogP contribution >= 0.6 is 11.6 Å². The molecule has 0 saturated carbocycles. The fourth-order valence-corrected chi connectivity index (χ4v) is 1.57. The van der Waals surface area contributed by atoms with Crippen LogP contribution in [0.3, 0.4) is 0 Å². The number of nitrogens with one attached hydrogen (secondary N) is 1. The Kier molecular flexibility index (Phi) is 3.41. The van der Waals surface area contributed by atoms with Crippen LogP contribution in [0.5, 0.6) is 0 Å². The first-order valence-corrected chi connectivity index (χ1v) is 5.52. The second-order valence-corrected chi connectivity index (χ2v) is 3.87. The Balaban J connectivity index is 2.05. The van der Waals surface area contributed by atoms with E-state index < -0.39 is 0 Å². The molecule has 0 atom stereocenters. The largest absolute Gasteiger partial charge is 0.370 e. The van der Waals surface area contributed by atoms with Gasteiger partial charge >= 0.3 is 0 Å². The van der Waals surface area contributed by atoms with E-state index in [1.807, 2.05) is 25.3 Å². The predicted molar refractivity (Wildman–Crippen MR) is 64.7 cm³/mol. The molecule has 2 aromatic rings. The first-order chi connectivity index (χ1) is 7.78. The van der Waals surface area contributed by atoms with Crippen LogP contribution < -0.4 is 5.32 Å². The van der Waals surface area contributed by atoms with E-state index in [4.69, 9.17) is 11.6 Å². The molecule has 0 radical (unpaired) electrons. The second kappa shape index (κ2) is 4.99. The van der Waals surface area contributed by atoms with Crippen molar-refractivity contribution in [3.05, 3.63) is 41.3 Å².